The van der Waals surface area contributed by atoms with Crippen molar-refractivity contribution in [2.45, 2.75) is 29.7 Å². The largest absolute Gasteiger partial charge is 0.744 e. The molecule has 0 unspecified atom stereocenters. The summed E-state index contributed by atoms with van der Waals surface area (Å²) < 4.78 is 73.2. The molecule has 2 aromatic heterocycles. The number of carbonyl (C=O) groups is 1. The van der Waals surface area contributed by atoms with E-state index in [1.807, 2.05) is 35.8 Å². The van der Waals surface area contributed by atoms with Gasteiger partial charge in [0.25, 0.3) is 5.69 Å². The van der Waals surface area contributed by atoms with Gasteiger partial charge in [-0.2, -0.15) is 5.10 Å². The third-order valence-electron chi connectivity index (χ3n) is 6.74. The number of nitrogens with zero attached hydrogens (tertiary/aromatic N) is 6. The lowest BCUT2D eigenvalue weighted by Gasteiger charge is -2.16. The Balaban J connectivity index is 1.41. The van der Waals surface area contributed by atoms with Gasteiger partial charge in [0.2, 0.25) is 5.91 Å². The molecule has 2 heterocycles. The number of aromatic nitrogens is 3. The van der Waals surface area contributed by atoms with Gasteiger partial charge in [-0.25, -0.2) is 21.7 Å². The minimum absolute atomic E-state index is 0.00685. The van der Waals surface area contributed by atoms with Gasteiger partial charge in [0.05, 0.1) is 28.1 Å². The number of para-hydroxylation sites is 1. The Morgan fingerprint density at radius 1 is 1.02 bits per heavy atom. The fourth-order valence-electron chi connectivity index (χ4n) is 4.71. The number of carbonyl (C=O) groups excluding carboxylic acids is 1. The van der Waals surface area contributed by atoms with Crippen LogP contribution < -0.4 is 5.32 Å². The van der Waals surface area contributed by atoms with Gasteiger partial charge >= 0.3 is 0 Å². The summed E-state index contributed by atoms with van der Waals surface area (Å²) in [4.78, 5) is 14.6. The second kappa shape index (κ2) is 11.0. The van der Waals surface area contributed by atoms with E-state index in [0.29, 0.717) is 17.6 Å². The van der Waals surface area contributed by atoms with Crippen molar-refractivity contribution >= 4 is 70.7 Å². The average Bonchev–Trinajstić information content (AvgIpc) is 3.44. The number of benzene rings is 3. The molecular formula is C27H21N7O7S2-2. The van der Waals surface area contributed by atoms with Gasteiger partial charge in [0, 0.05) is 36.8 Å². The number of azo groups is 1. The minimum atomic E-state index is -5.11. The topological polar surface area (TPSA) is 195 Å². The summed E-state index contributed by atoms with van der Waals surface area (Å²) in [5, 5.41) is 16.0. The molecule has 3 aromatic carbocycles. The molecule has 16 heteroatoms. The van der Waals surface area contributed by atoms with Crippen LogP contribution in [0.5, 0.6) is 0 Å². The number of fused-ring (bicyclic) bond motifs is 2. The van der Waals surface area contributed by atoms with Crippen molar-refractivity contribution in [1.82, 2.24) is 14.3 Å². The average molecular weight is 620 g/mol. The van der Waals surface area contributed by atoms with Crippen LogP contribution in [0.25, 0.3) is 26.5 Å². The molecule has 1 N–H and O–H groups in total. The first-order chi connectivity index (χ1) is 20.3. The summed E-state index contributed by atoms with van der Waals surface area (Å²) in [7, 11) is -8.52. The van der Waals surface area contributed by atoms with Crippen molar-refractivity contribution in [3.8, 4) is 0 Å². The summed E-state index contributed by atoms with van der Waals surface area (Å²) in [6.45, 7) is 9.37. The fourth-order valence-corrected chi connectivity index (χ4v) is 6.05. The summed E-state index contributed by atoms with van der Waals surface area (Å²) >= 11 is 0. The molecule has 0 saturated carbocycles. The van der Waals surface area contributed by atoms with Gasteiger partial charge in [0.1, 0.15) is 25.9 Å². The van der Waals surface area contributed by atoms with E-state index < -0.39 is 35.9 Å². The van der Waals surface area contributed by atoms with Crippen LogP contribution in [0.1, 0.15) is 12.1 Å². The number of rotatable bonds is 8. The second-order valence-electron chi connectivity index (χ2n) is 9.46. The van der Waals surface area contributed by atoms with Crippen LogP contribution in [0.15, 0.2) is 80.8 Å². The SMILES string of the molecule is [C-]#[N+]c1cnn(C)c1N=Nc1c(C)n(CCC(=O)Nc2ccc3c(S(=O)(=O)[O-])cc(S(=O)(=O)[O-])cc3c2)c2ccccc12. The Hall–Kier alpha value is -4.95. The van der Waals surface area contributed by atoms with E-state index >= 15 is 0 Å². The third-order valence-corrected chi connectivity index (χ3v) is 8.43. The monoisotopic (exact) mass is 619 g/mol. The van der Waals surface area contributed by atoms with E-state index in [1.54, 1.807) is 7.05 Å². The maximum atomic E-state index is 12.9. The molecule has 0 bridgehead atoms. The Morgan fingerprint density at radius 2 is 1.77 bits per heavy atom. The van der Waals surface area contributed by atoms with Gasteiger partial charge < -0.3 is 19.0 Å². The second-order valence-corrected chi connectivity index (χ2v) is 12.2. The Labute approximate surface area is 245 Å². The Morgan fingerprint density at radius 3 is 2.47 bits per heavy atom. The molecule has 0 fully saturated rings. The van der Waals surface area contributed by atoms with Crippen molar-refractivity contribution in [1.29, 1.82) is 0 Å². The van der Waals surface area contributed by atoms with Crippen molar-refractivity contribution in [2.75, 3.05) is 5.32 Å². The zero-order valence-electron chi connectivity index (χ0n) is 22.5. The van der Waals surface area contributed by atoms with Crippen LogP contribution in [0.2, 0.25) is 0 Å². The first-order valence-corrected chi connectivity index (χ1v) is 15.3. The molecule has 0 radical (unpaired) electrons. The highest BCUT2D eigenvalue weighted by Gasteiger charge is 2.17. The molecule has 0 saturated heterocycles. The summed E-state index contributed by atoms with van der Waals surface area (Å²) in [5.74, 6) is -0.110. The molecule has 0 aliphatic carbocycles. The van der Waals surface area contributed by atoms with Gasteiger partial charge in [-0.3, -0.25) is 9.48 Å². The normalized spacial score (nSPS) is 12.3. The van der Waals surface area contributed by atoms with Gasteiger partial charge in [-0.15, -0.1) is 10.2 Å². The van der Waals surface area contributed by atoms with Gasteiger partial charge in [-0.05, 0) is 48.0 Å². The third kappa shape index (κ3) is 5.87. The highest BCUT2D eigenvalue weighted by Crippen LogP contribution is 2.36. The number of aryl methyl sites for hydroxylation is 2. The standard InChI is InChI=1S/C27H23N7O7S2/c1-16-26(31-32-27-22(28-2)15-29-33(27)3)21-6-4-5-7-23(21)34(16)11-10-25(35)30-18-8-9-20-17(12-18)13-19(42(36,37)38)14-24(20)43(39,40)41/h4-9,12-15H,10-11H2,1,3H3,(H,30,35)(H,36,37,38)(H,39,40,41)/p-2. The summed E-state index contributed by atoms with van der Waals surface area (Å²) in [6, 6.07) is 12.8. The summed E-state index contributed by atoms with van der Waals surface area (Å²) in [5.41, 5.74) is 2.56. The van der Waals surface area contributed by atoms with Crippen molar-refractivity contribution in [3.05, 3.63) is 77.9 Å². The number of nitrogens with one attached hydrogen (secondary N) is 1. The highest BCUT2D eigenvalue weighted by atomic mass is 32.2. The molecule has 0 aliphatic rings. The molecule has 0 atom stereocenters. The zero-order valence-corrected chi connectivity index (χ0v) is 24.2. The summed E-state index contributed by atoms with van der Waals surface area (Å²) in [6.07, 6.45) is 1.41. The Kier molecular flexibility index (Phi) is 7.58. The lowest BCUT2D eigenvalue weighted by Crippen LogP contribution is -2.15. The minimum Gasteiger partial charge on any atom is -0.744 e. The smallest absolute Gasteiger partial charge is 0.251 e. The number of hydrogen-bond donors (Lipinski definition) is 1. The zero-order chi connectivity index (χ0) is 31.1. The van der Waals surface area contributed by atoms with Crippen molar-refractivity contribution < 1.29 is 30.7 Å². The van der Waals surface area contributed by atoms with E-state index in [-0.39, 0.29) is 35.1 Å². The first-order valence-electron chi connectivity index (χ1n) is 12.5. The van der Waals surface area contributed by atoms with E-state index in [4.69, 9.17) is 6.57 Å². The quantitative estimate of drug-likeness (QED) is 0.147. The molecule has 220 valence electrons. The number of anilines is 1. The molecule has 14 nitrogen and oxygen atoms in total. The van der Waals surface area contributed by atoms with Crippen molar-refractivity contribution in [3.63, 3.8) is 0 Å². The van der Waals surface area contributed by atoms with Crippen LogP contribution in [0, 0.1) is 13.5 Å². The lowest BCUT2D eigenvalue weighted by atomic mass is 10.1. The number of hydrogen-bond acceptors (Lipinski definition) is 10. The predicted molar refractivity (Wildman–Crippen MR) is 153 cm³/mol. The van der Waals surface area contributed by atoms with Gasteiger partial charge in [0.15, 0.2) is 5.82 Å². The lowest BCUT2D eigenvalue weighted by molar-refractivity contribution is -0.116. The molecule has 0 aliphatic heterocycles. The molecular weight excluding hydrogens is 598 g/mol. The van der Waals surface area contributed by atoms with E-state index in [0.717, 1.165) is 22.7 Å². The van der Waals surface area contributed by atoms with E-state index in [2.05, 4.69) is 25.5 Å². The Bertz CT molecular complexity index is 2230. The van der Waals surface area contributed by atoms with Crippen molar-refractivity contribution in [2.24, 2.45) is 17.3 Å². The van der Waals surface area contributed by atoms with Crippen LogP contribution in [-0.2, 0) is 38.6 Å². The molecule has 5 aromatic rings. The number of amides is 1. The van der Waals surface area contributed by atoms with Crippen LogP contribution in [0.4, 0.5) is 22.9 Å². The maximum Gasteiger partial charge on any atom is 0.251 e. The fraction of sp³-hybridized carbons (Fsp3) is 0.148. The maximum absolute atomic E-state index is 12.9. The predicted octanol–water partition coefficient (Wildman–Crippen LogP) is 4.64. The molecule has 1 amide bonds. The highest BCUT2D eigenvalue weighted by molar-refractivity contribution is 7.86. The van der Waals surface area contributed by atoms with Crippen LogP contribution >= 0.6 is 0 Å². The van der Waals surface area contributed by atoms with Crippen LogP contribution in [-0.4, -0.2) is 46.2 Å². The van der Waals surface area contributed by atoms with E-state index in [1.165, 1.54) is 29.1 Å². The molecule has 43 heavy (non-hydrogen) atoms. The molecule has 0 spiro atoms. The van der Waals surface area contributed by atoms with Gasteiger partial charge in [-0.1, -0.05) is 24.3 Å². The molecule has 5 rings (SSSR count). The first kappa shape index (κ1) is 29.5. The van der Waals surface area contributed by atoms with E-state index in [9.17, 15) is 30.7 Å². The van der Waals surface area contributed by atoms with Crippen LogP contribution in [0.3, 0.4) is 0 Å².